The molecule has 0 radical (unpaired) electrons. The fraction of sp³-hybridized carbons (Fsp3) is 0.680. The molecule has 0 aromatic heterocycles. The van der Waals surface area contributed by atoms with Crippen LogP contribution in [0.15, 0.2) is 47.6 Å². The van der Waals surface area contributed by atoms with Gasteiger partial charge in [-0.1, -0.05) is 57.6 Å². The van der Waals surface area contributed by atoms with Gasteiger partial charge in [-0.05, 0) is 92.6 Å². The van der Waals surface area contributed by atoms with Gasteiger partial charge in [0.25, 0.3) is 0 Å². The maximum Gasteiger partial charge on any atom is -0.0108 e. The molecular formula is C25H40. The lowest BCUT2D eigenvalue weighted by Crippen LogP contribution is -2.31. The highest BCUT2D eigenvalue weighted by Gasteiger charge is 2.47. The molecule has 0 saturated heterocycles. The third-order valence-electron chi connectivity index (χ3n) is 7.05. The van der Waals surface area contributed by atoms with Crippen molar-refractivity contribution in [3.05, 3.63) is 47.6 Å². The Bertz CT molecular complexity index is 544. The van der Waals surface area contributed by atoms with Crippen LogP contribution >= 0.6 is 0 Å². The van der Waals surface area contributed by atoms with Crippen molar-refractivity contribution in [1.29, 1.82) is 0 Å². The molecule has 25 heavy (non-hydrogen) atoms. The number of fused-ring (bicyclic) bond motifs is 1. The zero-order chi connectivity index (χ0) is 18.4. The molecule has 0 spiro atoms. The third-order valence-corrected chi connectivity index (χ3v) is 7.05. The van der Waals surface area contributed by atoms with Crippen LogP contribution < -0.4 is 0 Å². The van der Waals surface area contributed by atoms with Gasteiger partial charge >= 0.3 is 0 Å². The van der Waals surface area contributed by atoms with Gasteiger partial charge in [0, 0.05) is 0 Å². The Morgan fingerprint density at radius 3 is 2.68 bits per heavy atom. The van der Waals surface area contributed by atoms with E-state index in [-0.39, 0.29) is 0 Å². The van der Waals surface area contributed by atoms with Crippen LogP contribution in [-0.4, -0.2) is 0 Å². The molecule has 0 heteroatoms. The standard InChI is InChI=1S/C23H34.C2H6/c1-5-7-21-13-14-22-19(8-6-15-23(21,22)4)11-12-20-16-17(2)9-10-18(20)3;1-2/h5,8,11-12,17,21-22H,1,6-7,9-10,13-16H2,2-4H3;1-2H3/b12-11-;. The SMILES string of the molecule is C=CCC1CCC2C(/C=C\C3=C(C)CCC(C)C3)=CCCC12C.CC. The molecule has 0 aromatic rings. The highest BCUT2D eigenvalue weighted by molar-refractivity contribution is 5.36. The average molecular weight is 341 g/mol. The fourth-order valence-electron chi connectivity index (χ4n) is 5.38. The van der Waals surface area contributed by atoms with Crippen LogP contribution in [-0.2, 0) is 0 Å². The van der Waals surface area contributed by atoms with Crippen molar-refractivity contribution in [2.45, 2.75) is 86.0 Å². The second kappa shape index (κ2) is 9.06. The summed E-state index contributed by atoms with van der Waals surface area (Å²) in [6.45, 7) is 15.3. The van der Waals surface area contributed by atoms with Crippen LogP contribution in [0.5, 0.6) is 0 Å². The van der Waals surface area contributed by atoms with Crippen LogP contribution in [0.3, 0.4) is 0 Å². The normalized spacial score (nSPS) is 35.1. The van der Waals surface area contributed by atoms with Crippen molar-refractivity contribution in [2.75, 3.05) is 0 Å². The van der Waals surface area contributed by atoms with E-state index >= 15 is 0 Å². The van der Waals surface area contributed by atoms with Gasteiger partial charge in [0.15, 0.2) is 0 Å². The fourth-order valence-corrected chi connectivity index (χ4v) is 5.38. The Morgan fingerprint density at radius 1 is 1.20 bits per heavy atom. The predicted molar refractivity (Wildman–Crippen MR) is 113 cm³/mol. The Kier molecular flexibility index (Phi) is 7.35. The molecule has 3 rings (SSSR count). The van der Waals surface area contributed by atoms with Gasteiger partial charge in [0.2, 0.25) is 0 Å². The van der Waals surface area contributed by atoms with E-state index < -0.39 is 0 Å². The quantitative estimate of drug-likeness (QED) is 0.454. The van der Waals surface area contributed by atoms with Crippen LogP contribution in [0.4, 0.5) is 0 Å². The van der Waals surface area contributed by atoms with Gasteiger partial charge in [0.05, 0.1) is 0 Å². The van der Waals surface area contributed by atoms with Crippen molar-refractivity contribution in [3.8, 4) is 0 Å². The molecular weight excluding hydrogens is 300 g/mol. The van der Waals surface area contributed by atoms with Gasteiger partial charge in [-0.15, -0.1) is 6.58 Å². The monoisotopic (exact) mass is 340 g/mol. The van der Waals surface area contributed by atoms with E-state index in [0.717, 1.165) is 17.8 Å². The summed E-state index contributed by atoms with van der Waals surface area (Å²) >= 11 is 0. The number of allylic oxidation sites excluding steroid dienone is 7. The van der Waals surface area contributed by atoms with E-state index in [9.17, 15) is 0 Å². The van der Waals surface area contributed by atoms with E-state index in [0.29, 0.717) is 5.41 Å². The lowest BCUT2D eigenvalue weighted by molar-refractivity contribution is 0.158. The second-order valence-electron chi connectivity index (χ2n) is 8.59. The maximum absolute atomic E-state index is 3.99. The maximum atomic E-state index is 3.99. The largest absolute Gasteiger partial charge is 0.103 e. The zero-order valence-corrected chi connectivity index (χ0v) is 17.4. The van der Waals surface area contributed by atoms with Crippen molar-refractivity contribution < 1.29 is 0 Å². The Hall–Kier alpha value is -1.04. The van der Waals surface area contributed by atoms with Gasteiger partial charge in [0.1, 0.15) is 0 Å². The van der Waals surface area contributed by atoms with Crippen molar-refractivity contribution in [1.82, 2.24) is 0 Å². The van der Waals surface area contributed by atoms with E-state index in [1.165, 1.54) is 51.4 Å². The molecule has 4 unspecified atom stereocenters. The molecule has 1 fully saturated rings. The first-order valence-corrected chi connectivity index (χ1v) is 10.7. The first-order chi connectivity index (χ1) is 12.0. The Morgan fingerprint density at radius 2 is 1.96 bits per heavy atom. The van der Waals surface area contributed by atoms with Crippen LogP contribution in [0, 0.1) is 23.2 Å². The van der Waals surface area contributed by atoms with Crippen LogP contribution in [0.1, 0.15) is 86.0 Å². The minimum absolute atomic E-state index is 0.506. The first kappa shape index (κ1) is 20.3. The van der Waals surface area contributed by atoms with E-state index in [4.69, 9.17) is 0 Å². The third kappa shape index (κ3) is 4.39. The second-order valence-corrected chi connectivity index (χ2v) is 8.59. The molecule has 3 aliphatic carbocycles. The van der Waals surface area contributed by atoms with Crippen molar-refractivity contribution >= 4 is 0 Å². The lowest BCUT2D eigenvalue weighted by Gasteiger charge is -2.40. The topological polar surface area (TPSA) is 0 Å². The summed E-state index contributed by atoms with van der Waals surface area (Å²) in [4.78, 5) is 0. The van der Waals surface area contributed by atoms with Crippen LogP contribution in [0.25, 0.3) is 0 Å². The molecule has 0 aromatic carbocycles. The summed E-state index contributed by atoms with van der Waals surface area (Å²) in [6, 6.07) is 0. The number of rotatable bonds is 4. The number of hydrogen-bond donors (Lipinski definition) is 0. The van der Waals surface area contributed by atoms with Gasteiger partial charge in [-0.25, -0.2) is 0 Å². The van der Waals surface area contributed by atoms with Crippen LogP contribution in [0.2, 0.25) is 0 Å². The molecule has 1 saturated carbocycles. The van der Waals surface area contributed by atoms with E-state index in [2.05, 4.69) is 51.7 Å². The summed E-state index contributed by atoms with van der Waals surface area (Å²) in [5.74, 6) is 2.48. The minimum atomic E-state index is 0.506. The molecule has 0 nitrogen and oxygen atoms in total. The van der Waals surface area contributed by atoms with Gasteiger partial charge in [-0.3, -0.25) is 0 Å². The summed E-state index contributed by atoms with van der Waals surface area (Å²) in [5.41, 5.74) is 5.36. The molecule has 0 heterocycles. The average Bonchev–Trinajstić information content (AvgIpc) is 2.95. The predicted octanol–water partition coefficient (Wildman–Crippen LogP) is 8.03. The van der Waals surface area contributed by atoms with Gasteiger partial charge in [-0.2, -0.15) is 0 Å². The molecule has 0 amide bonds. The summed E-state index contributed by atoms with van der Waals surface area (Å²) < 4.78 is 0. The zero-order valence-electron chi connectivity index (χ0n) is 17.4. The van der Waals surface area contributed by atoms with Crippen molar-refractivity contribution in [3.63, 3.8) is 0 Å². The Balaban J connectivity index is 0.00000109. The summed E-state index contributed by atoms with van der Waals surface area (Å²) in [7, 11) is 0. The molecule has 0 bridgehead atoms. The lowest BCUT2D eigenvalue weighted by atomic mass is 9.64. The molecule has 3 aliphatic rings. The molecule has 140 valence electrons. The van der Waals surface area contributed by atoms with Crippen molar-refractivity contribution in [2.24, 2.45) is 23.2 Å². The van der Waals surface area contributed by atoms with E-state index in [1.807, 2.05) is 13.8 Å². The smallest absolute Gasteiger partial charge is 0.0108 e. The molecule has 4 atom stereocenters. The molecule has 0 aliphatic heterocycles. The summed E-state index contributed by atoms with van der Waals surface area (Å²) in [5, 5.41) is 0. The van der Waals surface area contributed by atoms with Gasteiger partial charge < -0.3 is 0 Å². The highest BCUT2D eigenvalue weighted by Crippen LogP contribution is 2.57. The number of hydrogen-bond acceptors (Lipinski definition) is 0. The first-order valence-electron chi connectivity index (χ1n) is 10.7. The molecule has 0 N–H and O–H groups in total. The minimum Gasteiger partial charge on any atom is -0.103 e. The Labute approximate surface area is 157 Å². The summed E-state index contributed by atoms with van der Waals surface area (Å²) in [6.07, 6.45) is 20.1. The highest BCUT2D eigenvalue weighted by atomic mass is 14.5. The van der Waals surface area contributed by atoms with E-state index in [1.54, 1.807) is 16.7 Å².